The monoisotopic (exact) mass is 459 g/mol. The third-order valence-corrected chi connectivity index (χ3v) is 7.51. The number of esters is 1. The van der Waals surface area contributed by atoms with Gasteiger partial charge in [0.2, 0.25) is 5.91 Å². The first kappa shape index (κ1) is 20.8. The van der Waals surface area contributed by atoms with Gasteiger partial charge in [0.1, 0.15) is 11.0 Å². The summed E-state index contributed by atoms with van der Waals surface area (Å²) >= 11 is 4.73. The largest absolute Gasteiger partial charge is 0.465 e. The Bertz CT molecular complexity index is 679. The van der Waals surface area contributed by atoms with Crippen molar-refractivity contribution >= 4 is 44.8 Å². The molecule has 0 aromatic carbocycles. The first-order valence-corrected chi connectivity index (χ1v) is 11.4. The van der Waals surface area contributed by atoms with Gasteiger partial charge in [0.25, 0.3) is 0 Å². The normalized spacial score (nSPS) is 28.6. The molecular formula is C20H27BrFNO3S. The maximum atomic E-state index is 13.7. The van der Waals surface area contributed by atoms with Gasteiger partial charge in [-0.15, -0.1) is 11.3 Å². The van der Waals surface area contributed by atoms with E-state index < -0.39 is 12.1 Å². The third-order valence-electron chi connectivity index (χ3n) is 5.91. The first-order valence-electron chi connectivity index (χ1n) is 9.75. The van der Waals surface area contributed by atoms with E-state index in [0.29, 0.717) is 42.2 Å². The van der Waals surface area contributed by atoms with Crippen molar-refractivity contribution in [2.75, 3.05) is 12.0 Å². The van der Waals surface area contributed by atoms with Crippen LogP contribution in [0.25, 0.3) is 0 Å². The summed E-state index contributed by atoms with van der Waals surface area (Å²) in [6.07, 6.45) is 5.28. The fourth-order valence-corrected chi connectivity index (χ4v) is 5.76. The molecule has 2 saturated carbocycles. The quantitative estimate of drug-likeness (QED) is 0.539. The zero-order chi connectivity index (χ0) is 19.6. The number of ether oxygens (including phenoxy) is 1. The number of hydrogen-bond donors (Lipinski definition) is 0. The molecule has 0 radical (unpaired) electrons. The van der Waals surface area contributed by atoms with Crippen LogP contribution in [0.1, 0.15) is 68.0 Å². The van der Waals surface area contributed by atoms with Crippen molar-refractivity contribution in [2.24, 2.45) is 11.8 Å². The summed E-state index contributed by atoms with van der Waals surface area (Å²) in [5.41, 5.74) is 0.615. The number of nitrogens with zero attached hydrogens (tertiary/aromatic N) is 1. The van der Waals surface area contributed by atoms with Crippen LogP contribution in [0.15, 0.2) is 9.85 Å². The Morgan fingerprint density at radius 3 is 2.37 bits per heavy atom. The number of alkyl halides is 1. The number of hydrogen-bond acceptors (Lipinski definition) is 4. The lowest BCUT2D eigenvalue weighted by Gasteiger charge is -2.38. The number of carbonyl (C=O) groups excluding carboxylic acids is 2. The highest BCUT2D eigenvalue weighted by atomic mass is 79.9. The molecule has 0 spiro atoms. The van der Waals surface area contributed by atoms with Crippen LogP contribution < -0.4 is 4.90 Å². The minimum absolute atomic E-state index is 0.0199. The van der Waals surface area contributed by atoms with Gasteiger partial charge in [0.15, 0.2) is 0 Å². The van der Waals surface area contributed by atoms with Crippen LogP contribution in [0.5, 0.6) is 0 Å². The van der Waals surface area contributed by atoms with E-state index in [4.69, 9.17) is 4.74 Å². The molecule has 0 atom stereocenters. The van der Waals surface area contributed by atoms with Gasteiger partial charge in [-0.2, -0.15) is 0 Å². The fourth-order valence-electron chi connectivity index (χ4n) is 4.26. The Kier molecular flexibility index (Phi) is 6.95. The van der Waals surface area contributed by atoms with Crippen LogP contribution in [0.3, 0.4) is 0 Å². The summed E-state index contributed by atoms with van der Waals surface area (Å²) < 4.78 is 19.4. The van der Waals surface area contributed by atoms with E-state index in [-0.39, 0.29) is 17.9 Å². The van der Waals surface area contributed by atoms with E-state index in [1.54, 1.807) is 4.90 Å². The molecule has 0 aliphatic heterocycles. The van der Waals surface area contributed by atoms with Gasteiger partial charge in [0.05, 0.1) is 16.6 Å². The standard InChI is InChI=1S/C20H27BrFNO3S/c1-12-3-5-13(6-4-12)19(24)23(15-9-7-14(22)8-10-15)16-11-17(21)27-18(16)20(25)26-2/h11-15H,3-10H2,1-2H3. The molecule has 1 heterocycles. The fraction of sp³-hybridized carbons (Fsp3) is 0.700. The highest BCUT2D eigenvalue weighted by molar-refractivity contribution is 9.11. The molecule has 7 heteroatoms. The second-order valence-electron chi connectivity index (χ2n) is 7.83. The summed E-state index contributed by atoms with van der Waals surface area (Å²) in [6, 6.07) is 1.77. The second-order valence-corrected chi connectivity index (χ2v) is 10.3. The molecule has 1 amide bonds. The van der Waals surface area contributed by atoms with Crippen LogP contribution in [0.2, 0.25) is 0 Å². The Labute approximate surface area is 172 Å². The highest BCUT2D eigenvalue weighted by Crippen LogP contribution is 2.40. The van der Waals surface area contributed by atoms with Gasteiger partial charge < -0.3 is 9.64 Å². The molecule has 3 rings (SSSR count). The molecule has 2 aliphatic carbocycles. The molecule has 1 aromatic heterocycles. The van der Waals surface area contributed by atoms with Gasteiger partial charge in [-0.1, -0.05) is 6.92 Å². The van der Waals surface area contributed by atoms with Crippen molar-refractivity contribution in [3.63, 3.8) is 0 Å². The Morgan fingerprint density at radius 2 is 1.78 bits per heavy atom. The van der Waals surface area contributed by atoms with Gasteiger partial charge in [-0.3, -0.25) is 4.79 Å². The van der Waals surface area contributed by atoms with Crippen molar-refractivity contribution in [1.29, 1.82) is 0 Å². The number of halogens is 2. The number of carbonyl (C=O) groups is 2. The molecule has 1 aromatic rings. The predicted molar refractivity (Wildman–Crippen MR) is 109 cm³/mol. The van der Waals surface area contributed by atoms with Crippen molar-refractivity contribution in [1.82, 2.24) is 0 Å². The van der Waals surface area contributed by atoms with Crippen molar-refractivity contribution in [3.8, 4) is 0 Å². The van der Waals surface area contributed by atoms with Crippen LogP contribution in [-0.2, 0) is 9.53 Å². The summed E-state index contributed by atoms with van der Waals surface area (Å²) in [5.74, 6) is 0.286. The first-order chi connectivity index (χ1) is 12.9. The average molecular weight is 460 g/mol. The number of thiophene rings is 1. The smallest absolute Gasteiger partial charge is 0.350 e. The van der Waals surface area contributed by atoms with E-state index in [1.165, 1.54) is 18.4 Å². The van der Waals surface area contributed by atoms with Crippen LogP contribution in [0, 0.1) is 11.8 Å². The zero-order valence-corrected chi connectivity index (χ0v) is 18.3. The summed E-state index contributed by atoms with van der Waals surface area (Å²) in [6.45, 7) is 2.23. The third kappa shape index (κ3) is 4.73. The van der Waals surface area contributed by atoms with E-state index in [1.807, 2.05) is 6.07 Å². The molecule has 150 valence electrons. The van der Waals surface area contributed by atoms with E-state index >= 15 is 0 Å². The number of rotatable bonds is 4. The van der Waals surface area contributed by atoms with E-state index in [0.717, 1.165) is 29.5 Å². The van der Waals surface area contributed by atoms with Crippen LogP contribution in [-0.4, -0.2) is 31.2 Å². The zero-order valence-electron chi connectivity index (χ0n) is 15.9. The van der Waals surface area contributed by atoms with E-state index in [2.05, 4.69) is 22.9 Å². The molecule has 0 unspecified atom stereocenters. The summed E-state index contributed by atoms with van der Waals surface area (Å²) in [4.78, 5) is 28.1. The number of methoxy groups -OCH3 is 1. The predicted octanol–water partition coefficient (Wildman–Crippen LogP) is 5.74. The maximum absolute atomic E-state index is 13.7. The lowest BCUT2D eigenvalue weighted by molar-refractivity contribution is -0.124. The minimum Gasteiger partial charge on any atom is -0.465 e. The van der Waals surface area contributed by atoms with Crippen molar-refractivity contribution in [2.45, 2.75) is 70.5 Å². The van der Waals surface area contributed by atoms with Gasteiger partial charge >= 0.3 is 5.97 Å². The van der Waals surface area contributed by atoms with Crippen molar-refractivity contribution < 1.29 is 18.7 Å². The van der Waals surface area contributed by atoms with Gasteiger partial charge in [-0.05, 0) is 79.3 Å². The molecule has 0 bridgehead atoms. The molecule has 2 fully saturated rings. The van der Waals surface area contributed by atoms with Crippen molar-refractivity contribution in [3.05, 3.63) is 14.7 Å². The molecule has 0 N–H and O–H groups in total. The maximum Gasteiger partial charge on any atom is 0.350 e. The number of amides is 1. The second kappa shape index (κ2) is 9.03. The lowest BCUT2D eigenvalue weighted by atomic mass is 9.81. The molecular weight excluding hydrogens is 433 g/mol. The topological polar surface area (TPSA) is 46.6 Å². The molecule has 2 aliphatic rings. The Morgan fingerprint density at radius 1 is 1.15 bits per heavy atom. The SMILES string of the molecule is COC(=O)c1sc(Br)cc1N(C(=O)C1CCC(C)CC1)C1CCC(F)CC1. The van der Waals surface area contributed by atoms with Gasteiger partial charge in [-0.25, -0.2) is 9.18 Å². The molecule has 0 saturated heterocycles. The number of anilines is 1. The van der Waals surface area contributed by atoms with Gasteiger partial charge in [0, 0.05) is 12.0 Å². The average Bonchev–Trinajstić information content (AvgIpc) is 3.04. The lowest BCUT2D eigenvalue weighted by Crippen LogP contribution is -2.46. The molecule has 27 heavy (non-hydrogen) atoms. The Hall–Kier alpha value is -0.950. The summed E-state index contributed by atoms with van der Waals surface area (Å²) in [5, 5.41) is 0. The van der Waals surface area contributed by atoms with E-state index in [9.17, 15) is 14.0 Å². The van der Waals surface area contributed by atoms with Crippen LogP contribution in [0.4, 0.5) is 10.1 Å². The van der Waals surface area contributed by atoms with Crippen LogP contribution >= 0.6 is 27.3 Å². The molecule has 4 nitrogen and oxygen atoms in total. The summed E-state index contributed by atoms with van der Waals surface area (Å²) in [7, 11) is 1.35. The highest BCUT2D eigenvalue weighted by Gasteiger charge is 2.37. The minimum atomic E-state index is -0.789. The Balaban J connectivity index is 1.93.